The second-order valence-electron chi connectivity index (χ2n) is 6.38. The lowest BCUT2D eigenvalue weighted by atomic mass is 10.1. The van der Waals surface area contributed by atoms with E-state index in [4.69, 9.17) is 14.6 Å². The van der Waals surface area contributed by atoms with Gasteiger partial charge in [-0.3, -0.25) is 9.59 Å². The molecule has 124 valence electrons. The van der Waals surface area contributed by atoms with Crippen LogP contribution in [-0.2, 0) is 4.79 Å². The molecule has 2 fully saturated rings. The maximum atomic E-state index is 12.4. The van der Waals surface area contributed by atoms with Gasteiger partial charge in [0.15, 0.2) is 0 Å². The van der Waals surface area contributed by atoms with Gasteiger partial charge in [-0.25, -0.2) is 0 Å². The molecular formula is C17H21NO5. The molecule has 2 aliphatic rings. The molecule has 1 aromatic rings. The Bertz CT molecular complexity index is 619. The van der Waals surface area contributed by atoms with Crippen LogP contribution in [0.5, 0.6) is 11.5 Å². The number of nitrogens with one attached hydrogen (secondary N) is 1. The van der Waals surface area contributed by atoms with Gasteiger partial charge in [0, 0.05) is 12.6 Å². The quantitative estimate of drug-likeness (QED) is 0.766. The number of hydrogen-bond donors (Lipinski definition) is 2. The smallest absolute Gasteiger partial charge is 0.311 e. The van der Waals surface area contributed by atoms with Gasteiger partial charge in [0.1, 0.15) is 11.5 Å². The molecular weight excluding hydrogens is 298 g/mol. The van der Waals surface area contributed by atoms with Gasteiger partial charge in [0.2, 0.25) is 0 Å². The highest BCUT2D eigenvalue weighted by Gasteiger charge is 2.50. The Labute approximate surface area is 134 Å². The molecule has 6 nitrogen and oxygen atoms in total. The molecule has 0 spiro atoms. The van der Waals surface area contributed by atoms with Gasteiger partial charge in [-0.2, -0.15) is 0 Å². The Morgan fingerprint density at radius 2 is 2.09 bits per heavy atom. The fourth-order valence-corrected chi connectivity index (χ4v) is 2.39. The zero-order chi connectivity index (χ0) is 16.4. The number of carbonyl (C=O) groups is 2. The van der Waals surface area contributed by atoms with Crippen LogP contribution >= 0.6 is 0 Å². The number of carbonyl (C=O) groups excluding carboxylic acids is 1. The Balaban J connectivity index is 1.69. The first-order chi connectivity index (χ1) is 11.0. The van der Waals surface area contributed by atoms with Crippen LogP contribution in [0.15, 0.2) is 18.2 Å². The second kappa shape index (κ2) is 6.10. The topological polar surface area (TPSA) is 84.9 Å². The van der Waals surface area contributed by atoms with E-state index in [-0.39, 0.29) is 12.5 Å². The molecule has 2 N–H and O–H groups in total. The minimum Gasteiger partial charge on any atom is -0.497 e. The minimum atomic E-state index is -0.849. The Morgan fingerprint density at radius 3 is 2.65 bits per heavy atom. The summed E-state index contributed by atoms with van der Waals surface area (Å²) in [7, 11) is 1.56. The van der Waals surface area contributed by atoms with Crippen molar-refractivity contribution >= 4 is 11.9 Å². The summed E-state index contributed by atoms with van der Waals surface area (Å²) in [6.07, 6.45) is 3.53. The number of hydrogen-bond acceptors (Lipinski definition) is 4. The molecule has 0 bridgehead atoms. The number of amides is 1. The van der Waals surface area contributed by atoms with E-state index >= 15 is 0 Å². The number of carboxylic acids is 1. The van der Waals surface area contributed by atoms with E-state index < -0.39 is 11.4 Å². The molecule has 0 saturated heterocycles. The monoisotopic (exact) mass is 319 g/mol. The third-order valence-corrected chi connectivity index (χ3v) is 4.50. The highest BCUT2D eigenvalue weighted by molar-refractivity contribution is 5.97. The third kappa shape index (κ3) is 3.57. The molecule has 0 radical (unpaired) electrons. The molecule has 0 unspecified atom stereocenters. The summed E-state index contributed by atoms with van der Waals surface area (Å²) in [5.41, 5.74) is -0.371. The van der Waals surface area contributed by atoms with Crippen molar-refractivity contribution < 1.29 is 24.2 Å². The van der Waals surface area contributed by atoms with E-state index in [1.807, 2.05) is 0 Å². The highest BCUT2D eigenvalue weighted by atomic mass is 16.5. The van der Waals surface area contributed by atoms with Gasteiger partial charge in [0.25, 0.3) is 5.91 Å². The molecule has 2 saturated carbocycles. The minimum absolute atomic E-state index is 0.148. The molecule has 6 heteroatoms. The maximum Gasteiger partial charge on any atom is 0.311 e. The summed E-state index contributed by atoms with van der Waals surface area (Å²) in [4.78, 5) is 23.6. The van der Waals surface area contributed by atoms with Gasteiger partial charge in [-0.1, -0.05) is 0 Å². The van der Waals surface area contributed by atoms with E-state index in [0.29, 0.717) is 42.4 Å². The molecule has 0 aliphatic heterocycles. The van der Waals surface area contributed by atoms with E-state index in [1.165, 1.54) is 0 Å². The number of benzene rings is 1. The molecule has 0 heterocycles. The average Bonchev–Trinajstić information content (AvgIpc) is 3.45. The van der Waals surface area contributed by atoms with Crippen LogP contribution in [0.1, 0.15) is 36.0 Å². The number of methoxy groups -OCH3 is 1. The Morgan fingerprint density at radius 1 is 1.35 bits per heavy atom. The van der Waals surface area contributed by atoms with Gasteiger partial charge < -0.3 is 19.9 Å². The van der Waals surface area contributed by atoms with E-state index in [2.05, 4.69) is 5.32 Å². The first-order valence-corrected chi connectivity index (χ1v) is 7.86. The van der Waals surface area contributed by atoms with Gasteiger partial charge >= 0.3 is 5.97 Å². The lowest BCUT2D eigenvalue weighted by Crippen LogP contribution is -2.34. The van der Waals surface area contributed by atoms with Crippen LogP contribution in [0, 0.1) is 11.3 Å². The summed E-state index contributed by atoms with van der Waals surface area (Å²) >= 11 is 0. The summed E-state index contributed by atoms with van der Waals surface area (Å²) in [6, 6.07) is 5.04. The number of rotatable bonds is 8. The van der Waals surface area contributed by atoms with Crippen molar-refractivity contribution in [2.45, 2.75) is 25.7 Å². The van der Waals surface area contributed by atoms with Crippen LogP contribution in [-0.4, -0.2) is 37.2 Å². The van der Waals surface area contributed by atoms with Crippen molar-refractivity contribution in [1.82, 2.24) is 5.32 Å². The number of aliphatic carboxylic acids is 1. The Kier molecular flexibility index (Phi) is 4.15. The molecule has 2 aliphatic carbocycles. The molecule has 0 atom stereocenters. The van der Waals surface area contributed by atoms with Crippen molar-refractivity contribution in [3.8, 4) is 11.5 Å². The first-order valence-electron chi connectivity index (χ1n) is 7.86. The zero-order valence-corrected chi connectivity index (χ0v) is 13.1. The van der Waals surface area contributed by atoms with Crippen molar-refractivity contribution in [2.75, 3.05) is 20.3 Å². The van der Waals surface area contributed by atoms with Gasteiger partial charge in [-0.15, -0.1) is 0 Å². The fourth-order valence-electron chi connectivity index (χ4n) is 2.39. The second-order valence-corrected chi connectivity index (χ2v) is 6.38. The maximum absolute atomic E-state index is 12.4. The van der Waals surface area contributed by atoms with Crippen molar-refractivity contribution in [1.29, 1.82) is 0 Å². The molecule has 3 rings (SSSR count). The lowest BCUT2D eigenvalue weighted by molar-refractivity contribution is -0.143. The van der Waals surface area contributed by atoms with Crippen LogP contribution < -0.4 is 14.8 Å². The predicted molar refractivity (Wildman–Crippen MR) is 82.8 cm³/mol. The summed E-state index contributed by atoms with van der Waals surface area (Å²) < 4.78 is 10.9. The van der Waals surface area contributed by atoms with Crippen molar-refractivity contribution in [3.05, 3.63) is 23.8 Å². The highest BCUT2D eigenvalue weighted by Crippen LogP contribution is 2.45. The fraction of sp³-hybridized carbons (Fsp3) is 0.529. The van der Waals surface area contributed by atoms with Crippen LogP contribution in [0.4, 0.5) is 0 Å². The van der Waals surface area contributed by atoms with Gasteiger partial charge in [-0.05, 0) is 43.7 Å². The van der Waals surface area contributed by atoms with E-state index in [1.54, 1.807) is 25.3 Å². The summed E-state index contributed by atoms with van der Waals surface area (Å²) in [5, 5.41) is 11.9. The van der Waals surface area contributed by atoms with E-state index in [9.17, 15) is 9.59 Å². The van der Waals surface area contributed by atoms with Crippen molar-refractivity contribution in [2.24, 2.45) is 11.3 Å². The Hall–Kier alpha value is -2.24. The van der Waals surface area contributed by atoms with Crippen LogP contribution in [0.25, 0.3) is 0 Å². The standard InChI is InChI=1S/C17H21NO5/c1-22-12-4-5-13(14(8-12)23-9-11-2-3-11)15(19)18-10-17(6-7-17)16(20)21/h4-5,8,11H,2-3,6-7,9-10H2,1H3,(H,18,19)(H,20,21). The predicted octanol–water partition coefficient (Wildman–Crippen LogP) is 2.08. The lowest BCUT2D eigenvalue weighted by Gasteiger charge is -2.15. The van der Waals surface area contributed by atoms with Crippen LogP contribution in [0.3, 0.4) is 0 Å². The van der Waals surface area contributed by atoms with Crippen molar-refractivity contribution in [3.63, 3.8) is 0 Å². The molecule has 23 heavy (non-hydrogen) atoms. The normalized spacial score (nSPS) is 18.1. The SMILES string of the molecule is COc1ccc(C(=O)NCC2(C(=O)O)CC2)c(OCC2CC2)c1. The first kappa shape index (κ1) is 15.6. The molecule has 1 aromatic carbocycles. The molecule has 1 amide bonds. The summed E-state index contributed by atoms with van der Waals surface area (Å²) in [5.74, 6) is 0.507. The number of ether oxygens (including phenoxy) is 2. The van der Waals surface area contributed by atoms with E-state index in [0.717, 1.165) is 12.8 Å². The zero-order valence-electron chi connectivity index (χ0n) is 13.1. The average molecular weight is 319 g/mol. The largest absolute Gasteiger partial charge is 0.497 e. The third-order valence-electron chi connectivity index (χ3n) is 4.50. The van der Waals surface area contributed by atoms with Crippen LogP contribution in [0.2, 0.25) is 0 Å². The number of carboxylic acid groups (broad SMARTS) is 1. The molecule has 0 aromatic heterocycles. The van der Waals surface area contributed by atoms with Gasteiger partial charge in [0.05, 0.1) is 24.7 Å². The summed E-state index contributed by atoms with van der Waals surface area (Å²) in [6.45, 7) is 0.738.